The minimum atomic E-state index is -1.20. The third-order valence-electron chi connectivity index (χ3n) is 6.07. The molecule has 0 saturated carbocycles. The van der Waals surface area contributed by atoms with Gasteiger partial charge in [-0.05, 0) is 71.5 Å². The van der Waals surface area contributed by atoms with E-state index in [0.717, 1.165) is 0 Å². The van der Waals surface area contributed by atoms with Crippen molar-refractivity contribution in [1.82, 2.24) is 0 Å². The number of carbonyl (C=O) groups excluding carboxylic acids is 1. The first kappa shape index (κ1) is 22.0. The maximum Gasteiger partial charge on any atom is 0.335 e. The number of halogens is 2. The van der Waals surface area contributed by atoms with Crippen molar-refractivity contribution in [1.29, 1.82) is 0 Å². The number of anilines is 2. The SMILES string of the molecule is CC(C)(C)c1ccc(C2(C)C(=O)N(c3cccc(C(=O)O)c3)c3ccc(Cl)cc32)cc1F. The van der Waals surface area contributed by atoms with Gasteiger partial charge in [-0.3, -0.25) is 9.69 Å². The van der Waals surface area contributed by atoms with Crippen LogP contribution in [0.4, 0.5) is 15.8 Å². The molecule has 0 saturated heterocycles. The van der Waals surface area contributed by atoms with E-state index in [-0.39, 0.29) is 22.7 Å². The molecule has 0 aliphatic carbocycles. The Labute approximate surface area is 191 Å². The van der Waals surface area contributed by atoms with Gasteiger partial charge in [0.15, 0.2) is 0 Å². The van der Waals surface area contributed by atoms with E-state index in [1.54, 1.807) is 49.4 Å². The third kappa shape index (κ3) is 3.37. The molecule has 6 heteroatoms. The fourth-order valence-corrected chi connectivity index (χ4v) is 4.47. The fourth-order valence-electron chi connectivity index (χ4n) is 4.30. The highest BCUT2D eigenvalue weighted by Crippen LogP contribution is 2.50. The molecule has 1 aliphatic heterocycles. The molecule has 164 valence electrons. The van der Waals surface area contributed by atoms with Crippen LogP contribution in [0.3, 0.4) is 0 Å². The van der Waals surface area contributed by atoms with Crippen LogP contribution in [0.1, 0.15) is 54.7 Å². The van der Waals surface area contributed by atoms with E-state index in [1.807, 2.05) is 20.8 Å². The molecule has 4 nitrogen and oxygen atoms in total. The number of fused-ring (bicyclic) bond motifs is 1. The molecular formula is C26H23ClFNO3. The monoisotopic (exact) mass is 451 g/mol. The number of amides is 1. The molecule has 1 N–H and O–H groups in total. The summed E-state index contributed by atoms with van der Waals surface area (Å²) in [5.74, 6) is -1.77. The number of aromatic carboxylic acids is 1. The quantitative estimate of drug-likeness (QED) is 0.497. The summed E-state index contributed by atoms with van der Waals surface area (Å²) in [5.41, 5.74) is 1.21. The van der Waals surface area contributed by atoms with E-state index in [2.05, 4.69) is 0 Å². The van der Waals surface area contributed by atoms with Crippen molar-refractivity contribution in [3.05, 3.63) is 93.8 Å². The van der Waals surface area contributed by atoms with E-state index in [4.69, 9.17) is 11.6 Å². The molecule has 3 aromatic rings. The highest BCUT2D eigenvalue weighted by Gasteiger charge is 2.49. The van der Waals surface area contributed by atoms with Crippen LogP contribution < -0.4 is 4.90 Å². The van der Waals surface area contributed by atoms with Crippen molar-refractivity contribution in [3.63, 3.8) is 0 Å². The van der Waals surface area contributed by atoms with Gasteiger partial charge in [-0.25, -0.2) is 9.18 Å². The molecule has 1 aliphatic rings. The Morgan fingerprint density at radius 1 is 1.06 bits per heavy atom. The van der Waals surface area contributed by atoms with Crippen molar-refractivity contribution >= 4 is 34.9 Å². The van der Waals surface area contributed by atoms with Crippen molar-refractivity contribution in [2.75, 3.05) is 4.90 Å². The Kier molecular flexibility index (Phi) is 5.13. The summed E-state index contributed by atoms with van der Waals surface area (Å²) in [6, 6.07) is 16.2. The van der Waals surface area contributed by atoms with Crippen LogP contribution in [-0.2, 0) is 15.6 Å². The molecule has 1 atom stereocenters. The topological polar surface area (TPSA) is 57.6 Å². The van der Waals surface area contributed by atoms with Gasteiger partial charge in [0.1, 0.15) is 5.82 Å². The van der Waals surface area contributed by atoms with Crippen molar-refractivity contribution in [3.8, 4) is 0 Å². The van der Waals surface area contributed by atoms with Gasteiger partial charge in [-0.15, -0.1) is 0 Å². The van der Waals surface area contributed by atoms with E-state index in [0.29, 0.717) is 33.1 Å². The average Bonchev–Trinajstić information content (AvgIpc) is 2.95. The Morgan fingerprint density at radius 2 is 1.78 bits per heavy atom. The van der Waals surface area contributed by atoms with Gasteiger partial charge in [-0.2, -0.15) is 0 Å². The number of carboxylic acids is 1. The molecule has 1 amide bonds. The number of carbonyl (C=O) groups is 2. The minimum absolute atomic E-state index is 0.0694. The van der Waals surface area contributed by atoms with Crippen LogP contribution in [0, 0.1) is 5.82 Å². The van der Waals surface area contributed by atoms with Gasteiger partial charge in [0.05, 0.1) is 16.7 Å². The lowest BCUT2D eigenvalue weighted by molar-refractivity contribution is -0.120. The predicted octanol–water partition coefficient (Wildman–Crippen LogP) is 6.46. The highest BCUT2D eigenvalue weighted by atomic mass is 35.5. The molecule has 0 radical (unpaired) electrons. The maximum absolute atomic E-state index is 15.1. The smallest absolute Gasteiger partial charge is 0.335 e. The molecule has 4 rings (SSSR count). The molecule has 3 aromatic carbocycles. The van der Waals surface area contributed by atoms with Gasteiger partial charge >= 0.3 is 5.97 Å². The summed E-state index contributed by atoms with van der Waals surface area (Å²) in [7, 11) is 0. The zero-order chi connectivity index (χ0) is 23.4. The van der Waals surface area contributed by atoms with Crippen LogP contribution >= 0.6 is 11.6 Å². The van der Waals surface area contributed by atoms with Gasteiger partial charge in [0, 0.05) is 10.7 Å². The second-order valence-corrected chi connectivity index (χ2v) is 9.66. The van der Waals surface area contributed by atoms with E-state index in [9.17, 15) is 14.7 Å². The zero-order valence-electron chi connectivity index (χ0n) is 18.2. The molecule has 1 unspecified atom stereocenters. The first-order valence-corrected chi connectivity index (χ1v) is 10.6. The second-order valence-electron chi connectivity index (χ2n) is 9.23. The predicted molar refractivity (Wildman–Crippen MR) is 124 cm³/mol. The Balaban J connectivity index is 1.92. The zero-order valence-corrected chi connectivity index (χ0v) is 19.0. The third-order valence-corrected chi connectivity index (χ3v) is 6.31. The van der Waals surface area contributed by atoms with E-state index < -0.39 is 11.4 Å². The van der Waals surface area contributed by atoms with Gasteiger partial charge in [0.25, 0.3) is 0 Å². The van der Waals surface area contributed by atoms with Gasteiger partial charge in [0.2, 0.25) is 5.91 Å². The Hall–Kier alpha value is -3.18. The minimum Gasteiger partial charge on any atom is -0.478 e. The number of rotatable bonds is 3. The van der Waals surface area contributed by atoms with Crippen molar-refractivity contribution in [2.45, 2.75) is 38.5 Å². The largest absolute Gasteiger partial charge is 0.478 e. The van der Waals surface area contributed by atoms with Crippen molar-refractivity contribution in [2.24, 2.45) is 0 Å². The summed E-state index contributed by atoms with van der Waals surface area (Å²) in [4.78, 5) is 26.8. The molecule has 0 fully saturated rings. The van der Waals surface area contributed by atoms with Crippen LogP contribution in [-0.4, -0.2) is 17.0 Å². The summed E-state index contributed by atoms with van der Waals surface area (Å²) in [6.45, 7) is 7.54. The summed E-state index contributed by atoms with van der Waals surface area (Å²) in [6.07, 6.45) is 0. The molecule has 0 aromatic heterocycles. The Bertz CT molecular complexity index is 1260. The van der Waals surface area contributed by atoms with Crippen LogP contribution in [0.5, 0.6) is 0 Å². The number of hydrogen-bond donors (Lipinski definition) is 1. The highest BCUT2D eigenvalue weighted by molar-refractivity contribution is 6.31. The van der Waals surface area contributed by atoms with E-state index in [1.165, 1.54) is 23.1 Å². The van der Waals surface area contributed by atoms with Gasteiger partial charge < -0.3 is 5.11 Å². The Morgan fingerprint density at radius 3 is 2.41 bits per heavy atom. The van der Waals surface area contributed by atoms with Crippen LogP contribution in [0.25, 0.3) is 0 Å². The summed E-state index contributed by atoms with van der Waals surface area (Å²) < 4.78 is 15.1. The molecule has 0 bridgehead atoms. The molecular weight excluding hydrogens is 429 g/mol. The number of carboxylic acid groups (broad SMARTS) is 1. The first-order chi connectivity index (χ1) is 14.9. The standard InChI is InChI=1S/C26H23ClFNO3/c1-25(2,3)19-10-8-16(13-21(19)28)26(4)20-14-17(27)9-11-22(20)29(24(26)32)18-7-5-6-15(12-18)23(30)31/h5-14H,1-4H3,(H,30,31). The lowest BCUT2D eigenvalue weighted by Gasteiger charge is -2.27. The second kappa shape index (κ2) is 7.45. The molecule has 32 heavy (non-hydrogen) atoms. The number of nitrogens with zero attached hydrogens (tertiary/aromatic N) is 1. The van der Waals surface area contributed by atoms with Gasteiger partial charge in [-0.1, -0.05) is 50.6 Å². The lowest BCUT2D eigenvalue weighted by atomic mass is 9.75. The number of benzene rings is 3. The summed E-state index contributed by atoms with van der Waals surface area (Å²) in [5, 5.41) is 9.84. The van der Waals surface area contributed by atoms with Crippen LogP contribution in [0.15, 0.2) is 60.7 Å². The first-order valence-electron chi connectivity index (χ1n) is 10.2. The van der Waals surface area contributed by atoms with Crippen LogP contribution in [0.2, 0.25) is 5.02 Å². The number of hydrogen-bond acceptors (Lipinski definition) is 2. The fraction of sp³-hybridized carbons (Fsp3) is 0.231. The molecule has 1 heterocycles. The van der Waals surface area contributed by atoms with E-state index >= 15 is 4.39 Å². The normalized spacial score (nSPS) is 18.1. The maximum atomic E-state index is 15.1. The van der Waals surface area contributed by atoms with Crippen molar-refractivity contribution < 1.29 is 19.1 Å². The average molecular weight is 452 g/mol. The lowest BCUT2D eigenvalue weighted by Crippen LogP contribution is -2.37. The molecule has 0 spiro atoms. The summed E-state index contributed by atoms with van der Waals surface area (Å²) >= 11 is 6.28.